The molecule has 186 valence electrons. The predicted octanol–water partition coefficient (Wildman–Crippen LogP) is 9.73. The van der Waals surface area contributed by atoms with Crippen LogP contribution in [0.3, 0.4) is 0 Å². The topological polar surface area (TPSA) is 0 Å². The first-order chi connectivity index (χ1) is 16.2. The van der Waals surface area contributed by atoms with Gasteiger partial charge in [-0.05, 0) is 60.4 Å². The minimum atomic E-state index is -10.7. The number of fused-ring (bicyclic) bond motifs is 3. The molecule has 4 aromatic rings. The maximum atomic E-state index is 9.87. The summed E-state index contributed by atoms with van der Waals surface area (Å²) in [5, 5.41) is 5.92. The maximum absolute atomic E-state index is 10.7. The van der Waals surface area contributed by atoms with Crippen LogP contribution < -0.4 is 10.6 Å². The third-order valence-corrected chi connectivity index (χ3v) is 11.6. The first-order valence-corrected chi connectivity index (χ1v) is 15.4. The number of hydrogen-bond donors (Lipinski definition) is 0. The van der Waals surface area contributed by atoms with E-state index in [2.05, 4.69) is 104 Å². The first kappa shape index (κ1) is 25.7. The van der Waals surface area contributed by atoms with Gasteiger partial charge in [0.2, 0.25) is 0 Å². The molecule has 0 saturated carbocycles. The standard InChI is InChI=1S/C27H26P.F6P/c1-21-16-17-23-19-18-22-10-8-9-15-26(22)27(23)20-28(21,24-11-4-2-5-12-24)25-13-6-3-7-14-25;1-7(2,3,4,5)6/h2-15,18-19,21H,16-17,20H2,1H3;/q+1;-1. The average Bonchev–Trinajstić information content (AvgIpc) is 2.95. The van der Waals surface area contributed by atoms with Gasteiger partial charge in [-0.2, -0.15) is 0 Å². The van der Waals surface area contributed by atoms with Crippen LogP contribution >= 0.6 is 15.1 Å². The van der Waals surface area contributed by atoms with Gasteiger partial charge in [0.1, 0.15) is 0 Å². The van der Waals surface area contributed by atoms with Crippen LogP contribution in [0.25, 0.3) is 10.8 Å². The van der Waals surface area contributed by atoms with Gasteiger partial charge < -0.3 is 0 Å². The normalized spacial score (nSPS) is 19.3. The third-order valence-electron chi connectivity index (χ3n) is 6.56. The summed E-state index contributed by atoms with van der Waals surface area (Å²) in [4.78, 5) is 0. The van der Waals surface area contributed by atoms with Crippen molar-refractivity contribution in [3.8, 4) is 0 Å². The van der Waals surface area contributed by atoms with E-state index in [1.54, 1.807) is 21.7 Å². The molecular formula is C27H26F6P2. The zero-order valence-corrected chi connectivity index (χ0v) is 20.9. The van der Waals surface area contributed by atoms with Crippen molar-refractivity contribution in [1.29, 1.82) is 0 Å². The van der Waals surface area contributed by atoms with Crippen molar-refractivity contribution < 1.29 is 25.2 Å². The zero-order chi connectivity index (χ0) is 25.4. The van der Waals surface area contributed by atoms with E-state index in [4.69, 9.17) is 0 Å². The van der Waals surface area contributed by atoms with Gasteiger partial charge in [-0.3, -0.25) is 0 Å². The summed E-state index contributed by atoms with van der Waals surface area (Å²) in [5.74, 6) is 0. The molecule has 0 saturated heterocycles. The molecule has 4 aromatic carbocycles. The van der Waals surface area contributed by atoms with Gasteiger partial charge in [0.15, 0.2) is 0 Å². The molecule has 0 fully saturated rings. The van der Waals surface area contributed by atoms with Crippen LogP contribution in [0.2, 0.25) is 0 Å². The molecule has 0 bridgehead atoms. The first-order valence-electron chi connectivity index (χ1n) is 11.3. The van der Waals surface area contributed by atoms with Gasteiger partial charge in [0.05, 0.1) is 29.7 Å². The van der Waals surface area contributed by atoms with Crippen LogP contribution in [0.1, 0.15) is 24.5 Å². The van der Waals surface area contributed by atoms with E-state index in [0.29, 0.717) is 5.66 Å². The summed E-state index contributed by atoms with van der Waals surface area (Å²) in [6, 6.07) is 36.4. The van der Waals surface area contributed by atoms with Crippen LogP contribution in [-0.4, -0.2) is 5.66 Å². The van der Waals surface area contributed by atoms with Crippen molar-refractivity contribution in [2.45, 2.75) is 31.6 Å². The van der Waals surface area contributed by atoms with Crippen molar-refractivity contribution in [3.05, 3.63) is 108 Å². The van der Waals surface area contributed by atoms with Crippen molar-refractivity contribution in [2.75, 3.05) is 0 Å². The second-order valence-corrected chi connectivity index (χ2v) is 14.9. The van der Waals surface area contributed by atoms with Crippen LogP contribution in [-0.2, 0) is 12.6 Å². The SMILES string of the molecule is CC1CCc2ccc3ccccc3c2C[P+]1(c1ccccc1)c1ccccc1.F[P-](F)(F)(F)(F)F. The Morgan fingerprint density at radius 2 is 1.14 bits per heavy atom. The third kappa shape index (κ3) is 6.42. The van der Waals surface area contributed by atoms with Crippen molar-refractivity contribution in [2.24, 2.45) is 0 Å². The molecule has 1 aliphatic heterocycles. The molecule has 5 rings (SSSR count). The van der Waals surface area contributed by atoms with E-state index >= 15 is 0 Å². The van der Waals surface area contributed by atoms with E-state index < -0.39 is 15.1 Å². The van der Waals surface area contributed by atoms with Gasteiger partial charge in [0, 0.05) is 5.56 Å². The average molecular weight is 526 g/mol. The number of aryl methyl sites for hydroxylation is 1. The van der Waals surface area contributed by atoms with Gasteiger partial charge in [-0.25, -0.2) is 0 Å². The molecular weight excluding hydrogens is 500 g/mol. The summed E-state index contributed by atoms with van der Waals surface area (Å²) in [6.07, 6.45) is 3.60. The van der Waals surface area contributed by atoms with Gasteiger partial charge in [0.25, 0.3) is 0 Å². The molecule has 0 aliphatic carbocycles. The quantitative estimate of drug-likeness (QED) is 0.180. The van der Waals surface area contributed by atoms with Gasteiger partial charge >= 0.3 is 33.0 Å². The minimum absolute atomic E-state index is 0.670. The number of hydrogen-bond acceptors (Lipinski definition) is 0. The van der Waals surface area contributed by atoms with Crippen molar-refractivity contribution >= 4 is 36.5 Å². The molecule has 0 nitrogen and oxygen atoms in total. The Bertz CT molecular complexity index is 1270. The molecule has 8 heteroatoms. The number of halogens is 6. The Balaban J connectivity index is 0.000000364. The fourth-order valence-corrected chi connectivity index (χ4v) is 9.86. The second-order valence-electron chi connectivity index (χ2n) is 8.97. The van der Waals surface area contributed by atoms with Crippen LogP contribution in [0, 0.1) is 0 Å². The molecule has 0 amide bonds. The molecule has 1 aliphatic rings. The Hall–Kier alpha value is -2.42. The van der Waals surface area contributed by atoms with E-state index in [0.717, 1.165) is 0 Å². The summed E-state index contributed by atoms with van der Waals surface area (Å²) >= 11 is 0. The fourth-order valence-electron chi connectivity index (χ4n) is 5.02. The van der Waals surface area contributed by atoms with Gasteiger partial charge in [-0.1, -0.05) is 72.8 Å². The van der Waals surface area contributed by atoms with Gasteiger partial charge in [-0.15, -0.1) is 0 Å². The Morgan fingerprint density at radius 3 is 1.69 bits per heavy atom. The predicted molar refractivity (Wildman–Crippen MR) is 138 cm³/mol. The number of rotatable bonds is 2. The molecule has 1 atom stereocenters. The van der Waals surface area contributed by atoms with Crippen LogP contribution in [0.5, 0.6) is 0 Å². The monoisotopic (exact) mass is 526 g/mol. The zero-order valence-electron chi connectivity index (χ0n) is 19.1. The van der Waals surface area contributed by atoms with Crippen LogP contribution in [0.15, 0.2) is 97.1 Å². The molecule has 1 unspecified atom stereocenters. The van der Waals surface area contributed by atoms with E-state index in [-0.39, 0.29) is 0 Å². The Kier molecular flexibility index (Phi) is 6.31. The second kappa shape index (κ2) is 8.61. The fraction of sp³-hybridized carbons (Fsp3) is 0.185. The molecule has 0 radical (unpaired) electrons. The summed E-state index contributed by atoms with van der Waals surface area (Å²) < 4.78 is 59.2. The van der Waals surface area contributed by atoms with Crippen molar-refractivity contribution in [1.82, 2.24) is 0 Å². The van der Waals surface area contributed by atoms with Crippen LogP contribution in [0.4, 0.5) is 25.2 Å². The molecule has 0 spiro atoms. The molecule has 1 heterocycles. The van der Waals surface area contributed by atoms with E-state index in [1.807, 2.05) is 0 Å². The number of benzene rings is 4. The van der Waals surface area contributed by atoms with Crippen molar-refractivity contribution in [3.63, 3.8) is 0 Å². The molecule has 0 N–H and O–H groups in total. The molecule has 35 heavy (non-hydrogen) atoms. The summed E-state index contributed by atoms with van der Waals surface area (Å²) in [5.41, 5.74) is 3.81. The Morgan fingerprint density at radius 1 is 0.657 bits per heavy atom. The molecule has 0 aromatic heterocycles. The summed E-state index contributed by atoms with van der Waals surface area (Å²) in [7, 11) is -12.2. The van der Waals surface area contributed by atoms with E-state index in [1.165, 1.54) is 29.8 Å². The summed E-state index contributed by atoms with van der Waals surface area (Å²) in [6.45, 7) is 2.50. The van der Waals surface area contributed by atoms with E-state index in [9.17, 15) is 25.2 Å². The Labute approximate surface area is 201 Å².